The monoisotopic (exact) mass is 228 g/mol. The Hall–Kier alpha value is -0.177. The molecular formula is C10H18GeO. The molecule has 0 bridgehead atoms. The molecule has 0 N–H and O–H groups in total. The molecule has 68 valence electrons. The third-order valence-electron chi connectivity index (χ3n) is 3.07. The molecule has 0 aliphatic rings. The van der Waals surface area contributed by atoms with E-state index in [0.717, 1.165) is 0 Å². The van der Waals surface area contributed by atoms with E-state index in [0.29, 0.717) is 0 Å². The first-order valence-corrected chi connectivity index (χ1v) is 10.3. The summed E-state index contributed by atoms with van der Waals surface area (Å²) < 4.78 is 6.89. The summed E-state index contributed by atoms with van der Waals surface area (Å²) in [7, 11) is 0. The molecule has 0 amide bonds. The quantitative estimate of drug-likeness (QED) is 0.720. The fraction of sp³-hybridized carbons (Fsp3) is 0.600. The number of hydrogen-bond acceptors (Lipinski definition) is 1. The van der Waals surface area contributed by atoms with Crippen LogP contribution in [0.15, 0.2) is 22.8 Å². The van der Waals surface area contributed by atoms with Gasteiger partial charge in [0.1, 0.15) is 0 Å². The Balaban J connectivity index is 2.93. The predicted octanol–water partition coefficient (Wildman–Crippen LogP) is 3.00. The van der Waals surface area contributed by atoms with Gasteiger partial charge in [0.05, 0.1) is 0 Å². The number of hydrogen-bond donors (Lipinski definition) is 0. The summed E-state index contributed by atoms with van der Waals surface area (Å²) in [6, 6.07) is 4.20. The van der Waals surface area contributed by atoms with Crippen molar-refractivity contribution in [2.45, 2.75) is 36.5 Å². The Morgan fingerprint density at radius 1 is 1.17 bits per heavy atom. The van der Waals surface area contributed by atoms with Crippen molar-refractivity contribution in [3.63, 3.8) is 0 Å². The van der Waals surface area contributed by atoms with Crippen LogP contribution in [0.5, 0.6) is 0 Å². The van der Waals surface area contributed by atoms with Crippen LogP contribution in [0.4, 0.5) is 0 Å². The number of rotatable bonds is 4. The molecule has 0 fully saturated rings. The second kappa shape index (κ2) is 4.17. The van der Waals surface area contributed by atoms with Crippen LogP contribution in [0.25, 0.3) is 0 Å². The molecule has 0 saturated carbocycles. The van der Waals surface area contributed by atoms with Gasteiger partial charge >= 0.3 is 77.2 Å². The van der Waals surface area contributed by atoms with Crippen LogP contribution in [-0.4, -0.2) is 13.3 Å². The van der Waals surface area contributed by atoms with Crippen LogP contribution in [0.1, 0.15) is 20.8 Å². The van der Waals surface area contributed by atoms with Gasteiger partial charge in [-0.05, 0) is 0 Å². The van der Waals surface area contributed by atoms with E-state index in [1.807, 2.05) is 12.3 Å². The summed E-state index contributed by atoms with van der Waals surface area (Å²) in [5, 5.41) is 4.04. The molecule has 1 aromatic heterocycles. The van der Waals surface area contributed by atoms with Gasteiger partial charge in [-0.1, -0.05) is 0 Å². The molecule has 12 heavy (non-hydrogen) atoms. The first-order valence-electron chi connectivity index (χ1n) is 4.83. The molecule has 1 rings (SSSR count). The Bertz CT molecular complexity index is 203. The van der Waals surface area contributed by atoms with Crippen LogP contribution in [0.3, 0.4) is 0 Å². The van der Waals surface area contributed by atoms with Gasteiger partial charge in [-0.2, -0.15) is 0 Å². The third-order valence-corrected chi connectivity index (χ3v) is 14.4. The van der Waals surface area contributed by atoms with E-state index in [2.05, 4.69) is 26.8 Å². The summed E-state index contributed by atoms with van der Waals surface area (Å²) in [6.45, 7) is 6.94. The Morgan fingerprint density at radius 2 is 1.75 bits per heavy atom. The summed E-state index contributed by atoms with van der Waals surface area (Å²) in [5.74, 6) is 0. The van der Waals surface area contributed by atoms with Crippen LogP contribution in [-0.2, 0) is 0 Å². The summed E-state index contributed by atoms with van der Waals surface area (Å²) >= 11 is -1.73. The average Bonchev–Trinajstić information content (AvgIpc) is 2.62. The summed E-state index contributed by atoms with van der Waals surface area (Å²) in [6.07, 6.45) is 1.82. The van der Waals surface area contributed by atoms with Crippen molar-refractivity contribution in [1.82, 2.24) is 0 Å². The molecule has 0 aliphatic heterocycles. The minimum absolute atomic E-state index is 1.34. The Morgan fingerprint density at radius 3 is 2.08 bits per heavy atom. The minimum atomic E-state index is -1.73. The molecule has 0 saturated heterocycles. The van der Waals surface area contributed by atoms with Gasteiger partial charge in [-0.25, -0.2) is 0 Å². The first-order chi connectivity index (χ1) is 5.79. The molecule has 0 atom stereocenters. The third kappa shape index (κ3) is 1.61. The van der Waals surface area contributed by atoms with Crippen LogP contribution >= 0.6 is 0 Å². The maximum atomic E-state index is 5.56. The molecule has 1 heterocycles. The van der Waals surface area contributed by atoms with E-state index in [9.17, 15) is 0 Å². The van der Waals surface area contributed by atoms with Gasteiger partial charge in [0.25, 0.3) is 0 Å². The summed E-state index contributed by atoms with van der Waals surface area (Å²) in [4.78, 5) is 0. The maximum absolute atomic E-state index is 5.56. The van der Waals surface area contributed by atoms with Gasteiger partial charge < -0.3 is 0 Å². The zero-order valence-electron chi connectivity index (χ0n) is 8.26. The zero-order chi connectivity index (χ0) is 9.03. The average molecular weight is 227 g/mol. The van der Waals surface area contributed by atoms with Crippen LogP contribution < -0.4 is 4.59 Å². The van der Waals surface area contributed by atoms with Crippen molar-refractivity contribution >= 4 is 17.9 Å². The van der Waals surface area contributed by atoms with Crippen molar-refractivity contribution < 1.29 is 4.42 Å². The van der Waals surface area contributed by atoms with Gasteiger partial charge in [0.15, 0.2) is 0 Å². The van der Waals surface area contributed by atoms with Crippen molar-refractivity contribution in [3.05, 3.63) is 18.4 Å². The number of furan rings is 1. The molecule has 0 aliphatic carbocycles. The molecule has 2 heteroatoms. The topological polar surface area (TPSA) is 13.1 Å². The molecule has 1 nitrogen and oxygen atoms in total. The Labute approximate surface area is 77.5 Å². The summed E-state index contributed by atoms with van der Waals surface area (Å²) in [5.41, 5.74) is 0. The van der Waals surface area contributed by atoms with E-state index in [-0.39, 0.29) is 0 Å². The van der Waals surface area contributed by atoms with Crippen LogP contribution in [0, 0.1) is 0 Å². The predicted molar refractivity (Wildman–Crippen MR) is 55.5 cm³/mol. The fourth-order valence-corrected chi connectivity index (χ4v) is 8.80. The van der Waals surface area contributed by atoms with Gasteiger partial charge in [-0.15, -0.1) is 0 Å². The first kappa shape index (κ1) is 9.91. The second-order valence-corrected chi connectivity index (χ2v) is 14.2. The van der Waals surface area contributed by atoms with E-state index in [4.69, 9.17) is 4.42 Å². The SMILES string of the molecule is C[CH2][Ge]([CH2]C)([CH2]C)[c]1ccco1. The fourth-order valence-electron chi connectivity index (χ4n) is 1.85. The van der Waals surface area contributed by atoms with Gasteiger partial charge in [0.2, 0.25) is 0 Å². The van der Waals surface area contributed by atoms with Crippen molar-refractivity contribution in [2.24, 2.45) is 0 Å². The van der Waals surface area contributed by atoms with Crippen molar-refractivity contribution in [1.29, 1.82) is 0 Å². The van der Waals surface area contributed by atoms with Gasteiger partial charge in [-0.3, -0.25) is 0 Å². The molecule has 1 aromatic rings. The van der Waals surface area contributed by atoms with E-state index in [1.165, 1.54) is 20.4 Å². The second-order valence-electron chi connectivity index (χ2n) is 3.32. The van der Waals surface area contributed by atoms with Crippen molar-refractivity contribution in [2.75, 3.05) is 0 Å². The standard InChI is InChI=1S/C10H18GeO/c1-4-11(5-2,6-3)10-8-7-9-12-10/h7-9H,4-6H2,1-3H3. The molecule has 0 radical (unpaired) electrons. The van der Waals surface area contributed by atoms with E-state index < -0.39 is 13.3 Å². The molecular weight excluding hydrogens is 209 g/mol. The van der Waals surface area contributed by atoms with Crippen molar-refractivity contribution in [3.8, 4) is 0 Å². The van der Waals surface area contributed by atoms with E-state index >= 15 is 0 Å². The molecule has 0 spiro atoms. The van der Waals surface area contributed by atoms with Crippen LogP contribution in [0.2, 0.25) is 15.8 Å². The molecule has 0 unspecified atom stereocenters. The Kier molecular flexibility index (Phi) is 3.44. The normalized spacial score (nSPS) is 11.9. The van der Waals surface area contributed by atoms with Gasteiger partial charge in [0, 0.05) is 0 Å². The molecule has 0 aromatic carbocycles. The zero-order valence-corrected chi connectivity index (χ0v) is 10.4. The van der Waals surface area contributed by atoms with E-state index in [1.54, 1.807) is 0 Å².